The predicted octanol–water partition coefficient (Wildman–Crippen LogP) is 1.10. The molecule has 0 heterocycles. The van der Waals surface area contributed by atoms with Gasteiger partial charge in [0, 0.05) is 19.0 Å². The van der Waals surface area contributed by atoms with Crippen LogP contribution in [0.15, 0.2) is 0 Å². The Morgan fingerprint density at radius 2 is 1.92 bits per heavy atom. The molecule has 1 N–H and O–H groups in total. The minimum atomic E-state index is -0.256. The molecule has 0 bridgehead atoms. The van der Waals surface area contributed by atoms with Gasteiger partial charge in [-0.25, -0.2) is 0 Å². The molecule has 0 radical (unpaired) electrons. The lowest BCUT2D eigenvalue weighted by atomic mass is 9.95. The van der Waals surface area contributed by atoms with Crippen molar-refractivity contribution in [2.45, 2.75) is 27.2 Å². The van der Waals surface area contributed by atoms with Crippen molar-refractivity contribution in [2.24, 2.45) is 5.41 Å². The number of carbonyl (C=O) groups excluding carboxylic acids is 1. The standard InChI is InChI=1S/C10H22N2O/c1-10(2,3)9(13)12(5)8-6-7-11-4/h11H,6-8H2,1-5H3. The number of nitrogens with one attached hydrogen (secondary N) is 1. The topological polar surface area (TPSA) is 32.3 Å². The first-order valence-corrected chi connectivity index (χ1v) is 4.79. The molecule has 3 heteroatoms. The fraction of sp³-hybridized carbons (Fsp3) is 0.900. The highest BCUT2D eigenvalue weighted by molar-refractivity contribution is 5.81. The van der Waals surface area contributed by atoms with E-state index >= 15 is 0 Å². The molecule has 13 heavy (non-hydrogen) atoms. The molecule has 0 aromatic carbocycles. The molecule has 0 aliphatic heterocycles. The Kier molecular flexibility index (Phi) is 4.99. The molecule has 0 aromatic heterocycles. The SMILES string of the molecule is CNCCCN(C)C(=O)C(C)(C)C. The van der Waals surface area contributed by atoms with E-state index in [1.807, 2.05) is 34.9 Å². The fourth-order valence-electron chi connectivity index (χ4n) is 1.17. The lowest BCUT2D eigenvalue weighted by Gasteiger charge is -2.25. The van der Waals surface area contributed by atoms with Crippen LogP contribution in [0.5, 0.6) is 0 Å². The summed E-state index contributed by atoms with van der Waals surface area (Å²) in [7, 11) is 3.79. The van der Waals surface area contributed by atoms with E-state index in [1.54, 1.807) is 4.90 Å². The molecule has 0 spiro atoms. The monoisotopic (exact) mass is 186 g/mol. The molecule has 0 saturated heterocycles. The third-order valence-electron chi connectivity index (χ3n) is 1.91. The van der Waals surface area contributed by atoms with E-state index in [1.165, 1.54) is 0 Å². The molecule has 0 fully saturated rings. The average molecular weight is 186 g/mol. The molecule has 1 amide bonds. The van der Waals surface area contributed by atoms with Gasteiger partial charge in [0.1, 0.15) is 0 Å². The Morgan fingerprint density at radius 3 is 2.31 bits per heavy atom. The molecule has 0 aliphatic carbocycles. The summed E-state index contributed by atoms with van der Waals surface area (Å²) in [5, 5.41) is 3.06. The molecule has 0 unspecified atom stereocenters. The molecule has 0 atom stereocenters. The number of nitrogens with zero attached hydrogens (tertiary/aromatic N) is 1. The minimum Gasteiger partial charge on any atom is -0.345 e. The lowest BCUT2D eigenvalue weighted by molar-refractivity contribution is -0.138. The zero-order valence-electron chi connectivity index (χ0n) is 9.48. The van der Waals surface area contributed by atoms with Gasteiger partial charge in [-0.3, -0.25) is 4.79 Å². The van der Waals surface area contributed by atoms with E-state index < -0.39 is 0 Å². The van der Waals surface area contributed by atoms with Crippen LogP contribution in [-0.4, -0.2) is 38.0 Å². The fourth-order valence-corrected chi connectivity index (χ4v) is 1.17. The minimum absolute atomic E-state index is 0.212. The Labute approximate surface area is 81.5 Å². The van der Waals surface area contributed by atoms with Gasteiger partial charge in [0.15, 0.2) is 0 Å². The molecular weight excluding hydrogens is 164 g/mol. The van der Waals surface area contributed by atoms with Crippen LogP contribution in [0.2, 0.25) is 0 Å². The van der Waals surface area contributed by atoms with Crippen molar-refractivity contribution in [1.29, 1.82) is 0 Å². The molecule has 0 rings (SSSR count). The van der Waals surface area contributed by atoms with Crippen molar-refractivity contribution >= 4 is 5.91 Å². The highest BCUT2D eigenvalue weighted by atomic mass is 16.2. The van der Waals surface area contributed by atoms with Gasteiger partial charge < -0.3 is 10.2 Å². The second kappa shape index (κ2) is 5.22. The quantitative estimate of drug-likeness (QED) is 0.667. The van der Waals surface area contributed by atoms with E-state index in [2.05, 4.69) is 5.32 Å². The Hall–Kier alpha value is -0.570. The number of carbonyl (C=O) groups is 1. The highest BCUT2D eigenvalue weighted by Crippen LogP contribution is 2.16. The number of hydrogen-bond donors (Lipinski definition) is 1. The van der Waals surface area contributed by atoms with E-state index in [9.17, 15) is 4.79 Å². The zero-order valence-corrected chi connectivity index (χ0v) is 9.48. The van der Waals surface area contributed by atoms with Gasteiger partial charge in [0.25, 0.3) is 0 Å². The van der Waals surface area contributed by atoms with Gasteiger partial charge >= 0.3 is 0 Å². The van der Waals surface area contributed by atoms with Gasteiger partial charge in [-0.1, -0.05) is 20.8 Å². The van der Waals surface area contributed by atoms with Crippen molar-refractivity contribution in [2.75, 3.05) is 27.2 Å². The maximum Gasteiger partial charge on any atom is 0.227 e. The van der Waals surface area contributed by atoms with E-state index in [4.69, 9.17) is 0 Å². The third kappa shape index (κ3) is 4.88. The lowest BCUT2D eigenvalue weighted by Crippen LogP contribution is -2.37. The van der Waals surface area contributed by atoms with Crippen molar-refractivity contribution in [1.82, 2.24) is 10.2 Å². The smallest absolute Gasteiger partial charge is 0.227 e. The summed E-state index contributed by atoms with van der Waals surface area (Å²) in [5.74, 6) is 0.212. The molecule has 0 aliphatic rings. The maximum absolute atomic E-state index is 11.7. The van der Waals surface area contributed by atoms with Crippen LogP contribution in [0.25, 0.3) is 0 Å². The van der Waals surface area contributed by atoms with Crippen LogP contribution in [0.4, 0.5) is 0 Å². The first-order valence-electron chi connectivity index (χ1n) is 4.79. The van der Waals surface area contributed by atoms with Crippen LogP contribution in [0.3, 0.4) is 0 Å². The first kappa shape index (κ1) is 12.4. The summed E-state index contributed by atoms with van der Waals surface area (Å²) in [5.41, 5.74) is -0.256. The van der Waals surface area contributed by atoms with Crippen molar-refractivity contribution in [3.05, 3.63) is 0 Å². The predicted molar refractivity (Wildman–Crippen MR) is 55.6 cm³/mol. The van der Waals surface area contributed by atoms with E-state index in [0.29, 0.717) is 0 Å². The zero-order chi connectivity index (χ0) is 10.5. The van der Waals surface area contributed by atoms with E-state index in [-0.39, 0.29) is 11.3 Å². The summed E-state index contributed by atoms with van der Waals surface area (Å²) < 4.78 is 0. The molecular formula is C10H22N2O. The summed E-state index contributed by atoms with van der Waals surface area (Å²) in [6.07, 6.45) is 1.01. The largest absolute Gasteiger partial charge is 0.345 e. The number of hydrogen-bond acceptors (Lipinski definition) is 2. The number of amides is 1. The molecule has 0 saturated carbocycles. The maximum atomic E-state index is 11.7. The third-order valence-corrected chi connectivity index (χ3v) is 1.91. The van der Waals surface area contributed by atoms with Gasteiger partial charge in [-0.05, 0) is 20.0 Å². The van der Waals surface area contributed by atoms with Crippen molar-refractivity contribution in [3.63, 3.8) is 0 Å². The second-order valence-corrected chi connectivity index (χ2v) is 4.43. The van der Waals surface area contributed by atoms with Gasteiger partial charge in [-0.15, -0.1) is 0 Å². The van der Waals surface area contributed by atoms with Crippen LogP contribution in [0, 0.1) is 5.41 Å². The summed E-state index contributed by atoms with van der Waals surface area (Å²) >= 11 is 0. The van der Waals surface area contributed by atoms with Gasteiger partial charge in [-0.2, -0.15) is 0 Å². The van der Waals surface area contributed by atoms with E-state index in [0.717, 1.165) is 19.5 Å². The summed E-state index contributed by atoms with van der Waals surface area (Å²) in [4.78, 5) is 13.5. The average Bonchev–Trinajstić information content (AvgIpc) is 2.01. The highest BCUT2D eigenvalue weighted by Gasteiger charge is 2.24. The van der Waals surface area contributed by atoms with Gasteiger partial charge in [0.05, 0.1) is 0 Å². The molecule has 78 valence electrons. The second-order valence-electron chi connectivity index (χ2n) is 4.43. The Balaban J connectivity index is 3.84. The summed E-state index contributed by atoms with van der Waals surface area (Å²) in [6.45, 7) is 7.64. The van der Waals surface area contributed by atoms with Gasteiger partial charge in [0.2, 0.25) is 5.91 Å². The van der Waals surface area contributed by atoms with Crippen LogP contribution >= 0.6 is 0 Å². The first-order chi connectivity index (χ1) is 5.89. The van der Waals surface area contributed by atoms with Crippen LogP contribution in [0.1, 0.15) is 27.2 Å². The van der Waals surface area contributed by atoms with Crippen molar-refractivity contribution in [3.8, 4) is 0 Å². The van der Waals surface area contributed by atoms with Crippen molar-refractivity contribution < 1.29 is 4.79 Å². The normalized spacial score (nSPS) is 11.5. The summed E-state index contributed by atoms with van der Waals surface area (Å²) in [6, 6.07) is 0. The van der Waals surface area contributed by atoms with Crippen LogP contribution < -0.4 is 5.32 Å². The molecule has 0 aromatic rings. The number of rotatable bonds is 4. The Morgan fingerprint density at radius 1 is 1.38 bits per heavy atom. The molecule has 3 nitrogen and oxygen atoms in total. The van der Waals surface area contributed by atoms with Crippen LogP contribution in [-0.2, 0) is 4.79 Å². The Bertz CT molecular complexity index is 161.